The summed E-state index contributed by atoms with van der Waals surface area (Å²) in [5, 5.41) is 6.01. The molecule has 1 aromatic rings. The fourth-order valence-corrected chi connectivity index (χ4v) is 3.81. The van der Waals surface area contributed by atoms with E-state index in [-0.39, 0.29) is 23.7 Å². The Morgan fingerprint density at radius 2 is 1.19 bits per heavy atom. The topological polar surface area (TPSA) is 58.2 Å². The largest absolute Gasteiger partial charge is 0.326 e. The fraction of sp³-hybridized carbons (Fsp3) is 0.636. The van der Waals surface area contributed by atoms with Crippen LogP contribution in [-0.2, 0) is 9.59 Å². The van der Waals surface area contributed by atoms with Gasteiger partial charge in [-0.3, -0.25) is 9.59 Å². The first kappa shape index (κ1) is 18.9. The van der Waals surface area contributed by atoms with E-state index in [1.165, 1.54) is 38.5 Å². The van der Waals surface area contributed by atoms with Crippen molar-refractivity contribution in [3.63, 3.8) is 0 Å². The molecule has 2 aliphatic rings. The molecular formula is C22H32N2O2. The van der Waals surface area contributed by atoms with E-state index in [1.54, 1.807) is 0 Å². The van der Waals surface area contributed by atoms with Gasteiger partial charge in [-0.05, 0) is 61.8 Å². The maximum atomic E-state index is 12.3. The van der Waals surface area contributed by atoms with Crippen molar-refractivity contribution in [2.75, 3.05) is 10.6 Å². The number of anilines is 2. The number of benzene rings is 1. The molecule has 3 rings (SSSR count). The molecule has 2 amide bonds. The fourth-order valence-electron chi connectivity index (χ4n) is 3.81. The van der Waals surface area contributed by atoms with Gasteiger partial charge >= 0.3 is 0 Å². The number of carbonyl (C=O) groups excluding carboxylic acids is 2. The van der Waals surface area contributed by atoms with E-state index >= 15 is 0 Å². The van der Waals surface area contributed by atoms with Crippen molar-refractivity contribution in [2.24, 2.45) is 23.7 Å². The summed E-state index contributed by atoms with van der Waals surface area (Å²) in [5.41, 5.74) is 1.61. The smallest absolute Gasteiger partial charge is 0.227 e. The Labute approximate surface area is 157 Å². The van der Waals surface area contributed by atoms with Crippen molar-refractivity contribution >= 4 is 23.2 Å². The number of amides is 2. The molecule has 142 valence electrons. The molecule has 2 saturated carbocycles. The quantitative estimate of drug-likeness (QED) is 0.604. The zero-order chi connectivity index (χ0) is 18.5. The molecule has 0 spiro atoms. The van der Waals surface area contributed by atoms with Crippen molar-refractivity contribution in [3.8, 4) is 0 Å². The molecule has 0 radical (unpaired) electrons. The van der Waals surface area contributed by atoms with E-state index in [2.05, 4.69) is 24.5 Å². The minimum Gasteiger partial charge on any atom is -0.326 e. The third kappa shape index (κ3) is 5.09. The van der Waals surface area contributed by atoms with Gasteiger partial charge in [-0.2, -0.15) is 0 Å². The minimum absolute atomic E-state index is 0.139. The molecule has 0 heterocycles. The van der Waals surface area contributed by atoms with Crippen LogP contribution < -0.4 is 10.6 Å². The Morgan fingerprint density at radius 3 is 1.54 bits per heavy atom. The standard InChI is InChI=1S/C22H32N2O2/c1-3-5-7-15-13-19(15)21(25)23-17-9-11-18(12-10-17)24-22(26)20-14-16(20)8-6-4-2/h9-12,15-16,19-20H,3-8,13-14H2,1-2H3,(H,23,25)(H,24,26)/t15-,16+,19-,20-/m1/s1. The highest BCUT2D eigenvalue weighted by Gasteiger charge is 2.42. The molecule has 4 atom stereocenters. The summed E-state index contributed by atoms with van der Waals surface area (Å²) in [7, 11) is 0. The SMILES string of the molecule is CCCC[C@@H]1C[C@H]1C(=O)Nc1ccc(NC(=O)[C@@H]2C[C@@H]2CCCC)cc1. The molecule has 26 heavy (non-hydrogen) atoms. The number of unbranched alkanes of at least 4 members (excludes halogenated alkanes) is 2. The van der Waals surface area contributed by atoms with Crippen LogP contribution in [-0.4, -0.2) is 11.8 Å². The molecule has 0 unspecified atom stereocenters. The van der Waals surface area contributed by atoms with Gasteiger partial charge in [0.15, 0.2) is 0 Å². The van der Waals surface area contributed by atoms with E-state index in [0.717, 1.165) is 24.2 Å². The normalized spacial score (nSPS) is 26.2. The number of carbonyl (C=O) groups is 2. The third-order valence-electron chi connectivity index (χ3n) is 5.80. The number of rotatable bonds is 10. The lowest BCUT2D eigenvalue weighted by Crippen LogP contribution is -2.16. The highest BCUT2D eigenvalue weighted by atomic mass is 16.2. The average Bonchev–Trinajstić information content (AvgIpc) is 3.54. The van der Waals surface area contributed by atoms with Crippen molar-refractivity contribution in [2.45, 2.75) is 65.2 Å². The van der Waals surface area contributed by atoms with E-state index in [1.807, 2.05) is 24.3 Å². The summed E-state index contributed by atoms with van der Waals surface area (Å²) in [5.74, 6) is 1.81. The highest BCUT2D eigenvalue weighted by Crippen LogP contribution is 2.44. The second-order valence-corrected chi connectivity index (χ2v) is 8.04. The summed E-state index contributed by atoms with van der Waals surface area (Å²) in [4.78, 5) is 24.5. The van der Waals surface area contributed by atoms with Crippen LogP contribution in [0.5, 0.6) is 0 Å². The Bertz CT molecular complexity index is 571. The first-order valence-corrected chi connectivity index (χ1v) is 10.3. The number of hydrogen-bond acceptors (Lipinski definition) is 2. The Hall–Kier alpha value is -1.84. The molecule has 0 bridgehead atoms. The lowest BCUT2D eigenvalue weighted by molar-refractivity contribution is -0.118. The maximum Gasteiger partial charge on any atom is 0.227 e. The molecule has 0 aliphatic heterocycles. The Balaban J connectivity index is 1.41. The van der Waals surface area contributed by atoms with E-state index in [9.17, 15) is 9.59 Å². The van der Waals surface area contributed by atoms with Gasteiger partial charge in [0.2, 0.25) is 11.8 Å². The predicted octanol–water partition coefficient (Wildman–Crippen LogP) is 5.22. The first-order chi connectivity index (χ1) is 12.6. The summed E-state index contributed by atoms with van der Waals surface area (Å²) >= 11 is 0. The van der Waals surface area contributed by atoms with E-state index < -0.39 is 0 Å². The van der Waals surface area contributed by atoms with Crippen LogP contribution in [0.2, 0.25) is 0 Å². The monoisotopic (exact) mass is 356 g/mol. The third-order valence-corrected chi connectivity index (χ3v) is 5.80. The van der Waals surface area contributed by atoms with Crippen LogP contribution in [0.25, 0.3) is 0 Å². The van der Waals surface area contributed by atoms with Crippen molar-refractivity contribution in [3.05, 3.63) is 24.3 Å². The van der Waals surface area contributed by atoms with Crippen LogP contribution >= 0.6 is 0 Å². The summed E-state index contributed by atoms with van der Waals surface area (Å²) < 4.78 is 0. The molecule has 1 aromatic carbocycles. The van der Waals surface area contributed by atoms with Gasteiger partial charge in [-0.15, -0.1) is 0 Å². The first-order valence-electron chi connectivity index (χ1n) is 10.3. The van der Waals surface area contributed by atoms with E-state index in [4.69, 9.17) is 0 Å². The van der Waals surface area contributed by atoms with Gasteiger partial charge in [0, 0.05) is 23.2 Å². The van der Waals surface area contributed by atoms with Crippen molar-refractivity contribution < 1.29 is 9.59 Å². The Morgan fingerprint density at radius 1 is 0.808 bits per heavy atom. The van der Waals surface area contributed by atoms with Crippen LogP contribution in [0.1, 0.15) is 65.2 Å². The van der Waals surface area contributed by atoms with Crippen LogP contribution in [0.3, 0.4) is 0 Å². The van der Waals surface area contributed by atoms with Gasteiger partial charge in [0.05, 0.1) is 0 Å². The molecule has 4 nitrogen and oxygen atoms in total. The lowest BCUT2D eigenvalue weighted by atomic mass is 10.1. The van der Waals surface area contributed by atoms with Gasteiger partial charge in [-0.1, -0.05) is 39.5 Å². The second kappa shape index (κ2) is 8.70. The summed E-state index contributed by atoms with van der Waals surface area (Å²) in [6, 6.07) is 7.49. The molecule has 2 fully saturated rings. The predicted molar refractivity (Wildman–Crippen MR) is 106 cm³/mol. The van der Waals surface area contributed by atoms with Crippen molar-refractivity contribution in [1.29, 1.82) is 0 Å². The van der Waals surface area contributed by atoms with Gasteiger partial charge in [-0.25, -0.2) is 0 Å². The molecule has 2 N–H and O–H groups in total. The van der Waals surface area contributed by atoms with Gasteiger partial charge < -0.3 is 10.6 Å². The minimum atomic E-state index is 0.139. The number of hydrogen-bond donors (Lipinski definition) is 2. The maximum absolute atomic E-state index is 12.3. The lowest BCUT2D eigenvalue weighted by Gasteiger charge is -2.08. The van der Waals surface area contributed by atoms with Crippen LogP contribution in [0, 0.1) is 23.7 Å². The molecule has 4 heteroatoms. The van der Waals surface area contributed by atoms with Crippen LogP contribution in [0.4, 0.5) is 11.4 Å². The highest BCUT2D eigenvalue weighted by molar-refractivity contribution is 5.96. The number of nitrogens with one attached hydrogen (secondary N) is 2. The van der Waals surface area contributed by atoms with Gasteiger partial charge in [0.1, 0.15) is 0 Å². The molecule has 2 aliphatic carbocycles. The average molecular weight is 357 g/mol. The van der Waals surface area contributed by atoms with E-state index in [0.29, 0.717) is 11.8 Å². The molecule has 0 aromatic heterocycles. The van der Waals surface area contributed by atoms with Gasteiger partial charge in [0.25, 0.3) is 0 Å². The summed E-state index contributed by atoms with van der Waals surface area (Å²) in [6.07, 6.45) is 9.20. The molecular weight excluding hydrogens is 324 g/mol. The zero-order valence-corrected chi connectivity index (χ0v) is 16.1. The second-order valence-electron chi connectivity index (χ2n) is 8.04. The zero-order valence-electron chi connectivity index (χ0n) is 16.1. The van der Waals surface area contributed by atoms with Crippen molar-refractivity contribution in [1.82, 2.24) is 0 Å². The molecule has 0 saturated heterocycles. The Kier molecular flexibility index (Phi) is 6.33. The van der Waals surface area contributed by atoms with Crippen LogP contribution in [0.15, 0.2) is 24.3 Å². The summed E-state index contributed by atoms with van der Waals surface area (Å²) in [6.45, 7) is 4.37.